The van der Waals surface area contributed by atoms with Gasteiger partial charge in [0.15, 0.2) is 17.8 Å². The molecule has 1 N–H and O–H groups in total. The van der Waals surface area contributed by atoms with Crippen LogP contribution in [0, 0.1) is 16.7 Å². The molecule has 1 aliphatic heterocycles. The van der Waals surface area contributed by atoms with Gasteiger partial charge in [-0.15, -0.1) is 0 Å². The van der Waals surface area contributed by atoms with Crippen molar-refractivity contribution >= 4 is 35.8 Å². The van der Waals surface area contributed by atoms with Crippen LogP contribution >= 0.6 is 0 Å². The molecule has 14 nitrogen and oxygen atoms in total. The number of fused-ring (bicyclic) bond motifs is 4. The zero-order valence-corrected chi connectivity index (χ0v) is 30.3. The van der Waals surface area contributed by atoms with Crippen LogP contribution < -0.4 is 0 Å². The van der Waals surface area contributed by atoms with Gasteiger partial charge in [-0.3, -0.25) is 24.0 Å². The van der Waals surface area contributed by atoms with E-state index in [0.29, 0.717) is 5.57 Å². The number of carbonyl (C=O) groups is 6. The minimum Gasteiger partial charge on any atom is -0.462 e. The average Bonchev–Trinajstić information content (AvgIpc) is 3.26. The summed E-state index contributed by atoms with van der Waals surface area (Å²) in [6.07, 6.45) is -7.91. The first-order valence-corrected chi connectivity index (χ1v) is 16.9. The van der Waals surface area contributed by atoms with Crippen molar-refractivity contribution in [2.45, 2.75) is 123 Å². The summed E-state index contributed by atoms with van der Waals surface area (Å²) >= 11 is 0. The maximum atomic E-state index is 14.1. The lowest BCUT2D eigenvalue weighted by Crippen LogP contribution is -2.79. The highest BCUT2D eigenvalue weighted by Gasteiger charge is 2.81. The molecule has 1 saturated heterocycles. The molecule has 0 unspecified atom stereocenters. The van der Waals surface area contributed by atoms with Crippen molar-refractivity contribution in [3.63, 3.8) is 0 Å². The Morgan fingerprint density at radius 1 is 0.804 bits per heavy atom. The number of aliphatic hydroxyl groups is 1. The smallest absolute Gasteiger partial charge is 0.338 e. The summed E-state index contributed by atoms with van der Waals surface area (Å²) in [7, 11) is 0. The molecule has 10 atom stereocenters. The number of hydrogen-bond acceptors (Lipinski definition) is 14. The summed E-state index contributed by atoms with van der Waals surface area (Å²) in [5.74, 6) is -5.73. The lowest BCUT2D eigenvalue weighted by molar-refractivity contribution is -0.352. The normalized spacial score (nSPS) is 35.4. The first-order chi connectivity index (χ1) is 23.7. The second-order valence-electron chi connectivity index (χ2n) is 14.7. The molecule has 0 bridgehead atoms. The van der Waals surface area contributed by atoms with E-state index in [1.54, 1.807) is 32.0 Å². The molecule has 14 heteroatoms. The van der Waals surface area contributed by atoms with E-state index in [-0.39, 0.29) is 30.6 Å². The van der Waals surface area contributed by atoms with Gasteiger partial charge in [-0.05, 0) is 44.1 Å². The van der Waals surface area contributed by atoms with Crippen molar-refractivity contribution in [1.29, 1.82) is 0 Å². The fraction of sp³-hybridized carbons (Fsp3) is 0.622. The molecule has 2 saturated carbocycles. The zero-order valence-electron chi connectivity index (χ0n) is 30.3. The van der Waals surface area contributed by atoms with Crippen LogP contribution in [0.2, 0.25) is 0 Å². The van der Waals surface area contributed by atoms with E-state index >= 15 is 0 Å². The van der Waals surface area contributed by atoms with E-state index in [4.69, 9.17) is 33.2 Å². The van der Waals surface area contributed by atoms with Gasteiger partial charge < -0.3 is 38.3 Å². The summed E-state index contributed by atoms with van der Waals surface area (Å²) in [5.41, 5.74) is -6.26. The van der Waals surface area contributed by atoms with Crippen LogP contribution in [-0.2, 0) is 57.1 Å². The third kappa shape index (κ3) is 6.19. The minimum absolute atomic E-state index is 0.0482. The summed E-state index contributed by atoms with van der Waals surface area (Å²) < 4.78 is 42.8. The highest BCUT2D eigenvalue weighted by atomic mass is 16.6. The Morgan fingerprint density at radius 2 is 1.37 bits per heavy atom. The topological polar surface area (TPSA) is 187 Å². The Balaban J connectivity index is 1.96. The van der Waals surface area contributed by atoms with Crippen LogP contribution in [0.25, 0.3) is 0 Å². The molecule has 0 spiro atoms. The summed E-state index contributed by atoms with van der Waals surface area (Å²) in [5, 5.41) is 12.5. The standard InChI is InChI=1S/C37H46O14/c1-18-25(46-19(2)38)16-36(34(7,8)44)28(18)29(50-33(43)24-13-11-10-12-14-24)31(48-21(4)40)35(9)26(47-20(3)39)15-27-37(17-45-27,51-23(6)42)30(35)32(36)49-22(5)41/h10-14,25-27,29-32,44H,15-17H2,1-9H3/t25-,26-,27-,29+,30+,31-,32-,35-,36-,37-/m0/s1. The van der Waals surface area contributed by atoms with Gasteiger partial charge in [0.1, 0.15) is 24.4 Å². The monoisotopic (exact) mass is 714 g/mol. The highest BCUT2D eigenvalue weighted by molar-refractivity contribution is 5.89. The molecule has 1 aromatic rings. The first-order valence-electron chi connectivity index (χ1n) is 16.9. The van der Waals surface area contributed by atoms with Gasteiger partial charge in [0, 0.05) is 47.5 Å². The Kier molecular flexibility index (Phi) is 9.93. The molecule has 0 aromatic heterocycles. The summed E-state index contributed by atoms with van der Waals surface area (Å²) in [4.78, 5) is 78.9. The van der Waals surface area contributed by atoms with Crippen molar-refractivity contribution in [3.05, 3.63) is 47.0 Å². The SMILES string of the molecule is CC(=O)O[C@H]1C[C@]2(C(C)(C)O)C(=C1C)[C@@H](OC(=O)c1ccccc1)[C@H](OC(C)=O)[C@@]1(C)[C@@H](OC(C)=O)C[C@@H]3OC[C@@]3(OC(C)=O)[C@@H]1[C@@H]2OC(C)=O. The van der Waals surface area contributed by atoms with Gasteiger partial charge in [-0.25, -0.2) is 4.79 Å². The third-order valence-electron chi connectivity index (χ3n) is 11.1. The summed E-state index contributed by atoms with van der Waals surface area (Å²) in [6.45, 7) is 12.0. The van der Waals surface area contributed by atoms with Gasteiger partial charge >= 0.3 is 35.8 Å². The molecule has 51 heavy (non-hydrogen) atoms. The van der Waals surface area contributed by atoms with E-state index < -0.39 is 100 Å². The van der Waals surface area contributed by atoms with Crippen LogP contribution in [0.1, 0.15) is 85.5 Å². The van der Waals surface area contributed by atoms with E-state index in [0.717, 1.165) is 6.92 Å². The lowest BCUT2D eigenvalue weighted by atomic mass is 9.49. The number of carbonyl (C=O) groups excluding carboxylic acids is 6. The maximum Gasteiger partial charge on any atom is 0.338 e. The molecule has 3 fully saturated rings. The van der Waals surface area contributed by atoms with Gasteiger partial charge in [-0.2, -0.15) is 0 Å². The van der Waals surface area contributed by atoms with E-state index in [2.05, 4.69) is 0 Å². The first kappa shape index (κ1) is 37.9. The van der Waals surface area contributed by atoms with Crippen molar-refractivity contribution in [2.75, 3.05) is 6.61 Å². The van der Waals surface area contributed by atoms with Crippen LogP contribution in [0.3, 0.4) is 0 Å². The number of benzene rings is 1. The fourth-order valence-corrected chi connectivity index (χ4v) is 9.28. The molecular formula is C37H46O14. The second-order valence-corrected chi connectivity index (χ2v) is 14.7. The molecule has 1 heterocycles. The number of rotatable bonds is 8. The highest BCUT2D eigenvalue weighted by Crippen LogP contribution is 2.69. The zero-order chi connectivity index (χ0) is 37.8. The molecule has 5 rings (SSSR count). The van der Waals surface area contributed by atoms with Crippen LogP contribution in [-0.4, -0.2) is 95.4 Å². The number of hydrogen-bond donors (Lipinski definition) is 1. The van der Waals surface area contributed by atoms with Gasteiger partial charge in [0.2, 0.25) is 0 Å². The van der Waals surface area contributed by atoms with Crippen LogP contribution in [0.4, 0.5) is 0 Å². The largest absolute Gasteiger partial charge is 0.462 e. The van der Waals surface area contributed by atoms with Crippen molar-refractivity contribution in [3.8, 4) is 0 Å². The molecule has 4 aliphatic rings. The van der Waals surface area contributed by atoms with E-state index in [1.165, 1.54) is 53.7 Å². The Morgan fingerprint density at radius 3 is 1.86 bits per heavy atom. The quantitative estimate of drug-likeness (QED) is 0.235. The van der Waals surface area contributed by atoms with Crippen LogP contribution in [0.5, 0.6) is 0 Å². The van der Waals surface area contributed by atoms with Crippen molar-refractivity contribution in [2.24, 2.45) is 16.7 Å². The molecule has 1 aromatic carbocycles. The van der Waals surface area contributed by atoms with Crippen molar-refractivity contribution in [1.82, 2.24) is 0 Å². The molecule has 0 radical (unpaired) electrons. The Labute approximate surface area is 296 Å². The average molecular weight is 715 g/mol. The molecule has 3 aliphatic carbocycles. The third-order valence-corrected chi connectivity index (χ3v) is 11.1. The lowest BCUT2D eigenvalue weighted by Gasteiger charge is -2.65. The molecule has 278 valence electrons. The number of esters is 6. The van der Waals surface area contributed by atoms with Crippen molar-refractivity contribution < 1.29 is 67.0 Å². The molecule has 0 amide bonds. The predicted molar refractivity (Wildman–Crippen MR) is 174 cm³/mol. The maximum absolute atomic E-state index is 14.1. The van der Waals surface area contributed by atoms with Gasteiger partial charge in [-0.1, -0.05) is 25.1 Å². The van der Waals surface area contributed by atoms with Gasteiger partial charge in [0.25, 0.3) is 0 Å². The van der Waals surface area contributed by atoms with Crippen LogP contribution in [0.15, 0.2) is 41.5 Å². The van der Waals surface area contributed by atoms with E-state index in [1.807, 2.05) is 0 Å². The predicted octanol–water partition coefficient (Wildman–Crippen LogP) is 3.16. The summed E-state index contributed by atoms with van der Waals surface area (Å²) in [6, 6.07) is 8.04. The van der Waals surface area contributed by atoms with E-state index in [9.17, 15) is 33.9 Å². The number of ether oxygens (including phenoxy) is 7. The Bertz CT molecular complexity index is 1640. The second kappa shape index (κ2) is 13.4. The fourth-order valence-electron chi connectivity index (χ4n) is 9.28. The minimum atomic E-state index is -1.88. The van der Waals surface area contributed by atoms with Gasteiger partial charge in [0.05, 0.1) is 34.5 Å². The Hall–Kier alpha value is -4.30. The molecular weight excluding hydrogens is 668 g/mol.